The summed E-state index contributed by atoms with van der Waals surface area (Å²) in [6.45, 7) is 4.44. The summed E-state index contributed by atoms with van der Waals surface area (Å²) >= 11 is 0. The molecule has 0 aliphatic carbocycles. The molecule has 94 valence electrons. The number of aliphatic carboxylic acids is 1. The SMILES string of the molecule is CC1(C)C[C@]2(O)C[C@@H](C(=O)O)[C@@H]3CN=C(N1)N32. The summed E-state index contributed by atoms with van der Waals surface area (Å²) in [5, 5.41) is 23.2. The molecule has 3 aliphatic heterocycles. The van der Waals surface area contributed by atoms with E-state index in [4.69, 9.17) is 0 Å². The topological polar surface area (TPSA) is 85.2 Å². The summed E-state index contributed by atoms with van der Waals surface area (Å²) in [5.41, 5.74) is -1.32. The van der Waals surface area contributed by atoms with Gasteiger partial charge in [0.05, 0.1) is 18.5 Å². The standard InChI is InChI=1S/C11H17N3O3/c1-10(2)5-11(17)3-6(8(15)16)7-4-12-9(13-10)14(7)11/h6-7,17H,3-5H2,1-2H3,(H,12,13)(H,15,16)/t6-,7+,11-/m1/s1. The van der Waals surface area contributed by atoms with Gasteiger partial charge in [0, 0.05) is 18.4 Å². The molecule has 3 N–H and O–H groups in total. The Morgan fingerprint density at radius 2 is 2.29 bits per heavy atom. The number of guanidine groups is 1. The summed E-state index contributed by atoms with van der Waals surface area (Å²) in [5.74, 6) is -0.721. The third-order valence-corrected chi connectivity index (χ3v) is 3.94. The first-order valence-electron chi connectivity index (χ1n) is 5.90. The maximum atomic E-state index is 11.2. The number of nitrogens with zero attached hydrogens (tertiary/aromatic N) is 2. The van der Waals surface area contributed by atoms with E-state index < -0.39 is 17.6 Å². The third-order valence-electron chi connectivity index (χ3n) is 3.94. The number of aliphatic hydroxyl groups is 1. The van der Waals surface area contributed by atoms with E-state index in [0.717, 1.165) is 0 Å². The summed E-state index contributed by atoms with van der Waals surface area (Å²) in [7, 11) is 0. The number of carboxylic acids is 1. The normalized spacial score (nSPS) is 41.8. The maximum Gasteiger partial charge on any atom is 0.308 e. The highest BCUT2D eigenvalue weighted by Gasteiger charge is 2.60. The highest BCUT2D eigenvalue weighted by atomic mass is 16.4. The average molecular weight is 239 g/mol. The van der Waals surface area contributed by atoms with E-state index >= 15 is 0 Å². The van der Waals surface area contributed by atoms with E-state index in [1.54, 1.807) is 4.90 Å². The van der Waals surface area contributed by atoms with Gasteiger partial charge in [-0.3, -0.25) is 9.79 Å². The minimum atomic E-state index is -1.06. The fourth-order valence-corrected chi connectivity index (χ4v) is 3.46. The molecule has 0 aromatic rings. The van der Waals surface area contributed by atoms with Crippen molar-refractivity contribution in [3.8, 4) is 0 Å². The Labute approximate surface area is 99.3 Å². The lowest BCUT2D eigenvalue weighted by molar-refractivity contribution is -0.142. The van der Waals surface area contributed by atoms with Gasteiger partial charge in [-0.1, -0.05) is 0 Å². The quantitative estimate of drug-likeness (QED) is 0.579. The van der Waals surface area contributed by atoms with Crippen LogP contribution in [0.2, 0.25) is 0 Å². The van der Waals surface area contributed by atoms with Crippen molar-refractivity contribution >= 4 is 11.9 Å². The van der Waals surface area contributed by atoms with Crippen molar-refractivity contribution in [2.24, 2.45) is 10.9 Å². The van der Waals surface area contributed by atoms with Crippen LogP contribution in [0.5, 0.6) is 0 Å². The molecule has 3 aliphatic rings. The highest BCUT2D eigenvalue weighted by Crippen LogP contribution is 2.46. The molecule has 3 atom stereocenters. The summed E-state index contributed by atoms with van der Waals surface area (Å²) in [6.07, 6.45) is 0.802. The van der Waals surface area contributed by atoms with Gasteiger partial charge in [-0.25, -0.2) is 0 Å². The summed E-state index contributed by atoms with van der Waals surface area (Å²) < 4.78 is 0. The average Bonchev–Trinajstić information content (AvgIpc) is 2.67. The second kappa shape index (κ2) is 2.93. The van der Waals surface area contributed by atoms with E-state index in [2.05, 4.69) is 10.3 Å². The molecule has 0 radical (unpaired) electrons. The Hall–Kier alpha value is -1.30. The number of hydrogen-bond donors (Lipinski definition) is 3. The third kappa shape index (κ3) is 1.36. The Morgan fingerprint density at radius 3 is 2.94 bits per heavy atom. The second-order valence-electron chi connectivity index (χ2n) is 5.92. The smallest absolute Gasteiger partial charge is 0.308 e. The molecule has 2 saturated heterocycles. The first-order valence-corrected chi connectivity index (χ1v) is 5.90. The first-order chi connectivity index (χ1) is 7.82. The molecule has 0 aromatic carbocycles. The van der Waals surface area contributed by atoms with Crippen LogP contribution in [0.25, 0.3) is 0 Å². The largest absolute Gasteiger partial charge is 0.481 e. The van der Waals surface area contributed by atoms with E-state index in [9.17, 15) is 15.0 Å². The molecule has 6 heteroatoms. The zero-order valence-corrected chi connectivity index (χ0v) is 9.97. The molecule has 17 heavy (non-hydrogen) atoms. The van der Waals surface area contributed by atoms with Crippen molar-refractivity contribution in [1.29, 1.82) is 0 Å². The van der Waals surface area contributed by atoms with Crippen LogP contribution in [0.15, 0.2) is 4.99 Å². The molecule has 6 nitrogen and oxygen atoms in total. The van der Waals surface area contributed by atoms with Crippen molar-refractivity contribution < 1.29 is 15.0 Å². The predicted molar refractivity (Wildman–Crippen MR) is 60.5 cm³/mol. The predicted octanol–water partition coefficient (Wildman–Crippen LogP) is -0.408. The number of carboxylic acid groups (broad SMARTS) is 1. The van der Waals surface area contributed by atoms with Crippen molar-refractivity contribution in [2.45, 2.75) is 44.0 Å². The summed E-state index contributed by atoms with van der Waals surface area (Å²) in [6, 6.07) is -0.198. The highest BCUT2D eigenvalue weighted by molar-refractivity contribution is 5.86. The van der Waals surface area contributed by atoms with E-state index in [1.807, 2.05) is 13.8 Å². The molecule has 0 spiro atoms. The van der Waals surface area contributed by atoms with Gasteiger partial charge in [0.2, 0.25) is 0 Å². The van der Waals surface area contributed by atoms with Crippen molar-refractivity contribution in [3.63, 3.8) is 0 Å². The van der Waals surface area contributed by atoms with Gasteiger partial charge in [0.1, 0.15) is 5.72 Å². The first kappa shape index (κ1) is 10.8. The molecule has 0 bridgehead atoms. The second-order valence-corrected chi connectivity index (χ2v) is 5.92. The van der Waals surface area contributed by atoms with Crippen LogP contribution in [-0.2, 0) is 4.79 Å². The fraction of sp³-hybridized carbons (Fsp3) is 0.818. The molecular weight excluding hydrogens is 222 g/mol. The maximum absolute atomic E-state index is 11.2. The van der Waals surface area contributed by atoms with Crippen LogP contribution in [-0.4, -0.2) is 50.9 Å². The lowest BCUT2D eigenvalue weighted by atomic mass is 9.87. The Morgan fingerprint density at radius 1 is 1.59 bits per heavy atom. The van der Waals surface area contributed by atoms with Gasteiger partial charge >= 0.3 is 5.97 Å². The molecule has 0 aromatic heterocycles. The minimum absolute atomic E-state index is 0.198. The molecule has 0 amide bonds. The molecule has 3 heterocycles. The fourth-order valence-electron chi connectivity index (χ4n) is 3.46. The van der Waals surface area contributed by atoms with E-state index in [-0.39, 0.29) is 18.0 Å². The van der Waals surface area contributed by atoms with Crippen molar-refractivity contribution in [1.82, 2.24) is 10.2 Å². The number of hydrogen-bond acceptors (Lipinski definition) is 5. The van der Waals surface area contributed by atoms with E-state index in [1.165, 1.54) is 0 Å². The summed E-state index contributed by atoms with van der Waals surface area (Å²) in [4.78, 5) is 17.3. The van der Waals surface area contributed by atoms with Gasteiger partial charge in [-0.15, -0.1) is 0 Å². The van der Waals surface area contributed by atoms with Crippen LogP contribution in [0, 0.1) is 5.92 Å². The van der Waals surface area contributed by atoms with Crippen LogP contribution < -0.4 is 5.32 Å². The number of carbonyl (C=O) groups is 1. The monoisotopic (exact) mass is 239 g/mol. The van der Waals surface area contributed by atoms with Crippen molar-refractivity contribution in [2.75, 3.05) is 6.54 Å². The van der Waals surface area contributed by atoms with Crippen LogP contribution in [0.4, 0.5) is 0 Å². The molecule has 3 rings (SSSR count). The van der Waals surface area contributed by atoms with Gasteiger partial charge < -0.3 is 20.4 Å². The Kier molecular flexibility index (Phi) is 1.86. The lowest BCUT2D eigenvalue weighted by Crippen LogP contribution is -2.65. The molecule has 0 unspecified atom stereocenters. The van der Waals surface area contributed by atoms with Crippen LogP contribution in [0.3, 0.4) is 0 Å². The minimum Gasteiger partial charge on any atom is -0.481 e. The van der Waals surface area contributed by atoms with Gasteiger partial charge in [0.15, 0.2) is 5.96 Å². The number of rotatable bonds is 1. The van der Waals surface area contributed by atoms with E-state index in [0.29, 0.717) is 18.9 Å². The number of nitrogens with one attached hydrogen (secondary N) is 1. The van der Waals surface area contributed by atoms with Crippen LogP contribution >= 0.6 is 0 Å². The molecule has 0 saturated carbocycles. The van der Waals surface area contributed by atoms with Gasteiger partial charge in [-0.2, -0.15) is 0 Å². The lowest BCUT2D eigenvalue weighted by Gasteiger charge is -2.47. The molecular formula is C11H17N3O3. The number of aliphatic imine (C=N–C) groups is 1. The van der Waals surface area contributed by atoms with Gasteiger partial charge in [0.25, 0.3) is 0 Å². The van der Waals surface area contributed by atoms with Crippen molar-refractivity contribution in [3.05, 3.63) is 0 Å². The van der Waals surface area contributed by atoms with Crippen LogP contribution in [0.1, 0.15) is 26.7 Å². The Balaban J connectivity index is 2.00. The zero-order chi connectivity index (χ0) is 12.4. The zero-order valence-electron chi connectivity index (χ0n) is 9.97. The Bertz CT molecular complexity index is 420. The van der Waals surface area contributed by atoms with Gasteiger partial charge in [-0.05, 0) is 13.8 Å². The molecule has 2 fully saturated rings.